The van der Waals surface area contributed by atoms with Gasteiger partial charge in [0.25, 0.3) is 10.0 Å². The summed E-state index contributed by atoms with van der Waals surface area (Å²) in [4.78, 5) is 4.18. The molecule has 0 aromatic carbocycles. The lowest BCUT2D eigenvalue weighted by Gasteiger charge is -2.24. The van der Waals surface area contributed by atoms with Crippen molar-refractivity contribution in [2.45, 2.75) is 31.8 Å². The van der Waals surface area contributed by atoms with E-state index in [0.29, 0.717) is 5.82 Å². The Morgan fingerprint density at radius 1 is 1.61 bits per heavy atom. The molecule has 2 N–H and O–H groups in total. The Kier molecular flexibility index (Phi) is 4.46. The predicted molar refractivity (Wildman–Crippen MR) is 73.8 cm³/mol. The third-order valence-electron chi connectivity index (χ3n) is 2.55. The molecule has 18 heavy (non-hydrogen) atoms. The van der Waals surface area contributed by atoms with Crippen molar-refractivity contribution in [3.8, 4) is 0 Å². The third kappa shape index (κ3) is 3.06. The minimum absolute atomic E-state index is 0.0188. The first-order valence-corrected chi connectivity index (χ1v) is 7.31. The third-order valence-corrected chi connectivity index (χ3v) is 4.57. The van der Waals surface area contributed by atoms with Crippen molar-refractivity contribution in [2.24, 2.45) is 12.8 Å². The predicted octanol–water partition coefficient (Wildman–Crippen LogP) is 0.414. The summed E-state index contributed by atoms with van der Waals surface area (Å²) < 4.78 is 27.7. The minimum atomic E-state index is -3.66. The molecule has 0 unspecified atom stereocenters. The van der Waals surface area contributed by atoms with Crippen LogP contribution in [-0.2, 0) is 17.1 Å². The summed E-state index contributed by atoms with van der Waals surface area (Å²) in [6, 6.07) is -0.237. The van der Waals surface area contributed by atoms with E-state index in [4.69, 9.17) is 18.0 Å². The molecule has 0 aliphatic carbocycles. The van der Waals surface area contributed by atoms with E-state index >= 15 is 0 Å². The van der Waals surface area contributed by atoms with Gasteiger partial charge in [0.1, 0.15) is 5.82 Å². The van der Waals surface area contributed by atoms with Crippen molar-refractivity contribution in [3.63, 3.8) is 0 Å². The summed E-state index contributed by atoms with van der Waals surface area (Å²) in [5.74, 6) is 0.632. The van der Waals surface area contributed by atoms with Gasteiger partial charge in [-0.25, -0.2) is 13.4 Å². The van der Waals surface area contributed by atoms with E-state index in [9.17, 15) is 8.42 Å². The first kappa shape index (κ1) is 15.1. The van der Waals surface area contributed by atoms with Gasteiger partial charge in [-0.15, -0.1) is 0 Å². The molecule has 0 spiro atoms. The van der Waals surface area contributed by atoms with Gasteiger partial charge in [-0.2, -0.15) is 4.31 Å². The zero-order valence-electron chi connectivity index (χ0n) is 10.9. The van der Waals surface area contributed by atoms with E-state index < -0.39 is 10.0 Å². The van der Waals surface area contributed by atoms with Crippen LogP contribution in [0.3, 0.4) is 0 Å². The quantitative estimate of drug-likeness (QED) is 0.795. The van der Waals surface area contributed by atoms with Gasteiger partial charge in [-0.1, -0.05) is 12.2 Å². The number of aryl methyl sites for hydroxylation is 2. The Hall–Kier alpha value is -0.990. The van der Waals surface area contributed by atoms with Crippen molar-refractivity contribution >= 4 is 27.2 Å². The summed E-state index contributed by atoms with van der Waals surface area (Å²) in [6.07, 6.45) is 1.49. The number of thiocarbonyl (C=S) groups is 1. The van der Waals surface area contributed by atoms with E-state index in [2.05, 4.69) is 4.98 Å². The van der Waals surface area contributed by atoms with Crippen molar-refractivity contribution in [3.05, 3.63) is 12.0 Å². The molecular formula is C10H18N4O2S2. The van der Waals surface area contributed by atoms with Gasteiger partial charge in [-0.3, -0.25) is 0 Å². The average molecular weight is 290 g/mol. The molecule has 0 saturated heterocycles. The normalized spacial score (nSPS) is 12.3. The molecule has 0 amide bonds. The SMILES string of the molecule is Cc1nc(S(=O)(=O)N(CC(N)=S)C(C)C)cn1C. The maximum atomic E-state index is 12.4. The van der Waals surface area contributed by atoms with Gasteiger partial charge in [0.2, 0.25) is 0 Å². The van der Waals surface area contributed by atoms with Gasteiger partial charge in [-0.05, 0) is 20.8 Å². The van der Waals surface area contributed by atoms with Crippen molar-refractivity contribution in [1.82, 2.24) is 13.9 Å². The highest BCUT2D eigenvalue weighted by Crippen LogP contribution is 2.17. The molecule has 0 aliphatic heterocycles. The van der Waals surface area contributed by atoms with Crippen molar-refractivity contribution in [1.29, 1.82) is 0 Å². The fourth-order valence-electron chi connectivity index (χ4n) is 1.47. The molecule has 6 nitrogen and oxygen atoms in total. The maximum Gasteiger partial charge on any atom is 0.262 e. The second-order valence-corrected chi connectivity index (χ2v) is 6.71. The van der Waals surface area contributed by atoms with E-state index in [0.717, 1.165) is 0 Å². The fraction of sp³-hybridized carbons (Fsp3) is 0.600. The number of hydrogen-bond donors (Lipinski definition) is 1. The molecule has 102 valence electrons. The first-order valence-electron chi connectivity index (χ1n) is 5.46. The summed E-state index contributed by atoms with van der Waals surface area (Å²) in [6.45, 7) is 5.30. The number of sulfonamides is 1. The van der Waals surface area contributed by atoms with Crippen molar-refractivity contribution in [2.75, 3.05) is 6.54 Å². The fourth-order valence-corrected chi connectivity index (χ4v) is 3.33. The number of imidazole rings is 1. The summed E-state index contributed by atoms with van der Waals surface area (Å²) in [5, 5.41) is 0.0208. The van der Waals surface area contributed by atoms with E-state index in [1.54, 1.807) is 32.4 Å². The first-order chi connectivity index (χ1) is 8.16. The Morgan fingerprint density at radius 3 is 2.50 bits per heavy atom. The molecule has 0 radical (unpaired) electrons. The Labute approximate surface area is 113 Å². The molecule has 1 aromatic heterocycles. The van der Waals surface area contributed by atoms with Crippen LogP contribution in [0.2, 0.25) is 0 Å². The Balaban J connectivity index is 3.21. The van der Waals surface area contributed by atoms with Crippen molar-refractivity contribution < 1.29 is 8.42 Å². The van der Waals surface area contributed by atoms with Gasteiger partial charge in [0.05, 0.1) is 11.5 Å². The second-order valence-electron chi connectivity index (χ2n) is 4.35. The Morgan fingerprint density at radius 2 is 2.17 bits per heavy atom. The second kappa shape index (κ2) is 5.33. The highest BCUT2D eigenvalue weighted by atomic mass is 32.2. The summed E-state index contributed by atoms with van der Waals surface area (Å²) >= 11 is 4.79. The van der Waals surface area contributed by atoms with Crippen LogP contribution in [0.4, 0.5) is 0 Å². The monoisotopic (exact) mass is 290 g/mol. The largest absolute Gasteiger partial charge is 0.392 e. The van der Waals surface area contributed by atoms with Crippen LogP contribution in [0.25, 0.3) is 0 Å². The van der Waals surface area contributed by atoms with Gasteiger partial charge in [0.15, 0.2) is 5.03 Å². The lowest BCUT2D eigenvalue weighted by Crippen LogP contribution is -2.42. The van der Waals surface area contributed by atoms with Crippen LogP contribution in [0.1, 0.15) is 19.7 Å². The maximum absolute atomic E-state index is 12.4. The molecule has 0 aliphatic rings. The summed E-state index contributed by atoms with van der Waals surface area (Å²) in [7, 11) is -1.92. The number of hydrogen-bond acceptors (Lipinski definition) is 4. The van der Waals surface area contributed by atoms with Crippen LogP contribution in [0.5, 0.6) is 0 Å². The molecule has 8 heteroatoms. The molecule has 0 bridgehead atoms. The number of rotatable bonds is 5. The van der Waals surface area contributed by atoms with E-state index in [1.807, 2.05) is 0 Å². The van der Waals surface area contributed by atoms with Gasteiger partial charge in [0, 0.05) is 19.3 Å². The number of aromatic nitrogens is 2. The molecule has 1 aromatic rings. The van der Waals surface area contributed by atoms with E-state index in [-0.39, 0.29) is 22.6 Å². The Bertz CT molecular complexity index is 529. The minimum Gasteiger partial charge on any atom is -0.392 e. The highest BCUT2D eigenvalue weighted by Gasteiger charge is 2.29. The summed E-state index contributed by atoms with van der Waals surface area (Å²) in [5.41, 5.74) is 5.44. The number of nitrogens with two attached hydrogens (primary N) is 1. The lowest BCUT2D eigenvalue weighted by molar-refractivity contribution is 0.389. The standard InChI is InChI=1S/C10H18N4O2S2/c1-7(2)14(5-9(11)17)18(15,16)10-6-13(4)8(3)12-10/h6-7H,5H2,1-4H3,(H2,11,17). The molecule has 1 heterocycles. The van der Waals surface area contributed by atoms with Gasteiger partial charge < -0.3 is 10.3 Å². The topological polar surface area (TPSA) is 81.2 Å². The molecule has 0 saturated carbocycles. The van der Waals surface area contributed by atoms with E-state index in [1.165, 1.54) is 10.5 Å². The molecule has 0 fully saturated rings. The zero-order chi connectivity index (χ0) is 14.1. The molecular weight excluding hydrogens is 272 g/mol. The van der Waals surface area contributed by atoms with Crippen LogP contribution >= 0.6 is 12.2 Å². The smallest absolute Gasteiger partial charge is 0.262 e. The van der Waals surface area contributed by atoms with Gasteiger partial charge >= 0.3 is 0 Å². The lowest BCUT2D eigenvalue weighted by atomic mass is 10.4. The highest BCUT2D eigenvalue weighted by molar-refractivity contribution is 7.89. The van der Waals surface area contributed by atoms with Crippen LogP contribution in [0, 0.1) is 6.92 Å². The molecule has 1 rings (SSSR count). The number of nitrogens with zero attached hydrogens (tertiary/aromatic N) is 3. The molecule has 0 atom stereocenters. The van der Waals surface area contributed by atoms with Crippen LogP contribution < -0.4 is 5.73 Å². The van der Waals surface area contributed by atoms with Crippen LogP contribution in [-0.4, -0.2) is 39.8 Å². The average Bonchev–Trinajstić information content (AvgIpc) is 2.55. The zero-order valence-corrected chi connectivity index (χ0v) is 12.5. The van der Waals surface area contributed by atoms with Crippen LogP contribution in [0.15, 0.2) is 11.2 Å².